The topological polar surface area (TPSA) is 94.2 Å². The van der Waals surface area contributed by atoms with Crippen LogP contribution in [0.4, 0.5) is 0 Å². The zero-order valence-corrected chi connectivity index (χ0v) is 15.9. The summed E-state index contributed by atoms with van der Waals surface area (Å²) in [5.74, 6) is -0.0952. The van der Waals surface area contributed by atoms with E-state index in [0.717, 1.165) is 29.7 Å². The molecule has 2 aliphatic heterocycles. The van der Waals surface area contributed by atoms with Crippen LogP contribution in [0.5, 0.6) is 0 Å². The van der Waals surface area contributed by atoms with Gasteiger partial charge in [0.25, 0.3) is 0 Å². The lowest BCUT2D eigenvalue weighted by Crippen LogP contribution is -2.69. The van der Waals surface area contributed by atoms with Crippen LogP contribution >= 0.6 is 0 Å². The SMILES string of the molecule is O=C1N[C@@H](Cc2cnc[nH]2)C(=O)N2CCN(Cc3ccc4ncccc4c3)C[C@H]12. The van der Waals surface area contributed by atoms with Gasteiger partial charge in [-0.1, -0.05) is 12.1 Å². The zero-order valence-electron chi connectivity index (χ0n) is 15.9. The van der Waals surface area contributed by atoms with Crippen LogP contribution in [0.15, 0.2) is 49.1 Å². The summed E-state index contributed by atoms with van der Waals surface area (Å²) >= 11 is 0. The normalized spacial score (nSPS) is 22.6. The van der Waals surface area contributed by atoms with Crippen LogP contribution in [0.2, 0.25) is 0 Å². The first kappa shape index (κ1) is 17.8. The maximum absolute atomic E-state index is 12.9. The summed E-state index contributed by atoms with van der Waals surface area (Å²) in [6.45, 7) is 2.59. The number of hydrogen-bond donors (Lipinski definition) is 2. The first-order valence-electron chi connectivity index (χ1n) is 9.81. The molecule has 0 unspecified atom stereocenters. The fourth-order valence-corrected chi connectivity index (χ4v) is 4.24. The quantitative estimate of drug-likeness (QED) is 0.684. The molecule has 2 aromatic heterocycles. The van der Waals surface area contributed by atoms with Gasteiger partial charge < -0.3 is 15.2 Å². The van der Waals surface area contributed by atoms with Gasteiger partial charge in [0.15, 0.2) is 0 Å². The molecular formula is C21H22N6O2. The van der Waals surface area contributed by atoms with Crippen molar-refractivity contribution < 1.29 is 9.59 Å². The zero-order chi connectivity index (χ0) is 19.8. The summed E-state index contributed by atoms with van der Waals surface area (Å²) in [6.07, 6.45) is 5.49. The molecule has 3 aromatic rings. The molecule has 0 radical (unpaired) electrons. The van der Waals surface area contributed by atoms with Crippen molar-refractivity contribution in [3.8, 4) is 0 Å². The fraction of sp³-hybridized carbons (Fsp3) is 0.333. The van der Waals surface area contributed by atoms with Crippen LogP contribution in [-0.2, 0) is 22.6 Å². The van der Waals surface area contributed by atoms with Gasteiger partial charge in [-0.3, -0.25) is 19.5 Å². The lowest BCUT2D eigenvalue weighted by molar-refractivity contribution is -0.153. The molecule has 4 heterocycles. The average Bonchev–Trinajstić information content (AvgIpc) is 3.25. The van der Waals surface area contributed by atoms with E-state index < -0.39 is 12.1 Å². The average molecular weight is 390 g/mol. The number of imidazole rings is 1. The third-order valence-electron chi connectivity index (χ3n) is 5.72. The van der Waals surface area contributed by atoms with Gasteiger partial charge in [0.1, 0.15) is 12.1 Å². The molecule has 1 aromatic carbocycles. The third kappa shape index (κ3) is 3.47. The molecule has 2 fully saturated rings. The van der Waals surface area contributed by atoms with Crippen LogP contribution < -0.4 is 5.32 Å². The summed E-state index contributed by atoms with van der Waals surface area (Å²) in [5.41, 5.74) is 2.99. The number of piperazine rings is 2. The molecule has 2 N–H and O–H groups in total. The van der Waals surface area contributed by atoms with Gasteiger partial charge in [-0.05, 0) is 23.8 Å². The smallest absolute Gasteiger partial charge is 0.246 e. The van der Waals surface area contributed by atoms with E-state index in [-0.39, 0.29) is 11.8 Å². The van der Waals surface area contributed by atoms with Crippen molar-refractivity contribution in [3.63, 3.8) is 0 Å². The molecule has 5 rings (SSSR count). The summed E-state index contributed by atoms with van der Waals surface area (Å²) in [5, 5.41) is 4.01. The van der Waals surface area contributed by atoms with Crippen molar-refractivity contribution in [3.05, 3.63) is 60.3 Å². The molecule has 0 spiro atoms. The molecule has 0 saturated carbocycles. The van der Waals surface area contributed by atoms with Gasteiger partial charge in [0, 0.05) is 56.1 Å². The Bertz CT molecular complexity index is 1050. The van der Waals surface area contributed by atoms with Crippen LogP contribution in [-0.4, -0.2) is 68.3 Å². The Hall–Kier alpha value is -3.26. The second-order valence-electron chi connectivity index (χ2n) is 7.66. The highest BCUT2D eigenvalue weighted by Gasteiger charge is 2.43. The van der Waals surface area contributed by atoms with Crippen molar-refractivity contribution in [2.45, 2.75) is 25.0 Å². The molecule has 0 bridgehead atoms. The third-order valence-corrected chi connectivity index (χ3v) is 5.72. The monoisotopic (exact) mass is 390 g/mol. The number of hydrogen-bond acceptors (Lipinski definition) is 5. The Labute approximate surface area is 167 Å². The molecule has 8 nitrogen and oxygen atoms in total. The van der Waals surface area contributed by atoms with Gasteiger partial charge in [-0.15, -0.1) is 0 Å². The number of carbonyl (C=O) groups excluding carboxylic acids is 2. The van der Waals surface area contributed by atoms with Gasteiger partial charge in [-0.2, -0.15) is 0 Å². The molecule has 148 valence electrons. The minimum absolute atomic E-state index is 0.0133. The van der Waals surface area contributed by atoms with E-state index in [4.69, 9.17) is 0 Å². The van der Waals surface area contributed by atoms with E-state index in [1.54, 1.807) is 23.6 Å². The highest BCUT2D eigenvalue weighted by atomic mass is 16.2. The van der Waals surface area contributed by atoms with Gasteiger partial charge >= 0.3 is 0 Å². The number of aromatic amines is 1. The number of H-pyrrole nitrogens is 1. The van der Waals surface area contributed by atoms with Crippen LogP contribution in [0.1, 0.15) is 11.3 Å². The predicted octanol–water partition coefficient (Wildman–Crippen LogP) is 0.712. The van der Waals surface area contributed by atoms with Gasteiger partial charge in [-0.25, -0.2) is 4.98 Å². The van der Waals surface area contributed by atoms with Gasteiger partial charge in [0.05, 0.1) is 11.8 Å². The Morgan fingerprint density at radius 2 is 2.10 bits per heavy atom. The van der Waals surface area contributed by atoms with Crippen molar-refractivity contribution in [2.24, 2.45) is 0 Å². The van der Waals surface area contributed by atoms with Crippen molar-refractivity contribution >= 4 is 22.7 Å². The predicted molar refractivity (Wildman–Crippen MR) is 107 cm³/mol. The number of nitrogens with one attached hydrogen (secondary N) is 2. The first-order chi connectivity index (χ1) is 14.2. The van der Waals surface area contributed by atoms with E-state index in [1.165, 1.54) is 5.56 Å². The molecule has 8 heteroatoms. The molecule has 2 saturated heterocycles. The van der Waals surface area contributed by atoms with E-state index in [9.17, 15) is 9.59 Å². The molecule has 2 atom stereocenters. The van der Waals surface area contributed by atoms with Crippen LogP contribution in [0, 0.1) is 0 Å². The van der Waals surface area contributed by atoms with E-state index >= 15 is 0 Å². The number of pyridine rings is 1. The molecule has 29 heavy (non-hydrogen) atoms. The Morgan fingerprint density at radius 1 is 1.17 bits per heavy atom. The molecule has 2 aliphatic rings. The minimum atomic E-state index is -0.529. The van der Waals surface area contributed by atoms with Gasteiger partial charge in [0.2, 0.25) is 11.8 Å². The Balaban J connectivity index is 1.27. The summed E-state index contributed by atoms with van der Waals surface area (Å²) in [4.78, 5) is 40.9. The van der Waals surface area contributed by atoms with Crippen LogP contribution in [0.3, 0.4) is 0 Å². The van der Waals surface area contributed by atoms with E-state index in [0.29, 0.717) is 19.5 Å². The Kier molecular flexibility index (Phi) is 4.48. The summed E-state index contributed by atoms with van der Waals surface area (Å²) in [6, 6.07) is 9.27. The van der Waals surface area contributed by atoms with E-state index in [1.807, 2.05) is 12.1 Å². The number of fused-ring (bicyclic) bond motifs is 2. The van der Waals surface area contributed by atoms with E-state index in [2.05, 4.69) is 43.4 Å². The fourth-order valence-electron chi connectivity index (χ4n) is 4.24. The largest absolute Gasteiger partial charge is 0.348 e. The number of rotatable bonds is 4. The number of carbonyl (C=O) groups is 2. The number of nitrogens with zero attached hydrogens (tertiary/aromatic N) is 4. The number of benzene rings is 1. The maximum atomic E-state index is 12.9. The first-order valence-corrected chi connectivity index (χ1v) is 9.81. The number of amides is 2. The highest BCUT2D eigenvalue weighted by molar-refractivity contribution is 5.97. The molecule has 2 amide bonds. The second kappa shape index (κ2) is 7.29. The van der Waals surface area contributed by atoms with Crippen molar-refractivity contribution in [1.82, 2.24) is 30.1 Å². The maximum Gasteiger partial charge on any atom is 0.246 e. The molecule has 0 aliphatic carbocycles. The van der Waals surface area contributed by atoms with Crippen molar-refractivity contribution in [2.75, 3.05) is 19.6 Å². The highest BCUT2D eigenvalue weighted by Crippen LogP contribution is 2.21. The van der Waals surface area contributed by atoms with Crippen LogP contribution in [0.25, 0.3) is 10.9 Å². The standard InChI is InChI=1S/C21H22N6O2/c28-20-19-12-26(11-14-3-4-17-15(8-14)2-1-5-23-17)6-7-27(19)21(29)18(25-20)9-16-10-22-13-24-16/h1-5,8,10,13,18-19H,6-7,9,11-12H2,(H,22,24)(H,25,28)/t18-,19+/m0/s1. The lowest BCUT2D eigenvalue weighted by atomic mass is 10.0. The minimum Gasteiger partial charge on any atom is -0.348 e. The molecular weight excluding hydrogens is 368 g/mol. The second-order valence-corrected chi connectivity index (χ2v) is 7.66. The lowest BCUT2D eigenvalue weighted by Gasteiger charge is -2.45. The number of aromatic nitrogens is 3. The van der Waals surface area contributed by atoms with Crippen molar-refractivity contribution in [1.29, 1.82) is 0 Å². The Morgan fingerprint density at radius 3 is 2.97 bits per heavy atom. The summed E-state index contributed by atoms with van der Waals surface area (Å²) in [7, 11) is 0. The summed E-state index contributed by atoms with van der Waals surface area (Å²) < 4.78 is 0.